The quantitative estimate of drug-likeness (QED) is 0.584. The first-order valence-corrected chi connectivity index (χ1v) is 13.0. The molecule has 4 rings (SSSR count). The summed E-state index contributed by atoms with van der Waals surface area (Å²) in [5.74, 6) is 0.828. The number of hydrogen-bond acceptors (Lipinski definition) is 6. The maximum Gasteiger partial charge on any atom is 0.205 e. The smallest absolute Gasteiger partial charge is 0.205 e. The summed E-state index contributed by atoms with van der Waals surface area (Å²) < 4.78 is 6.12. The summed E-state index contributed by atoms with van der Waals surface area (Å²) in [6.45, 7) is 4.62. The zero-order chi connectivity index (χ0) is 22.7. The van der Waals surface area contributed by atoms with Crippen molar-refractivity contribution >= 4 is 29.6 Å². The van der Waals surface area contributed by atoms with Crippen LogP contribution in [0, 0.1) is 11.3 Å². The zero-order valence-corrected chi connectivity index (χ0v) is 20.2. The van der Waals surface area contributed by atoms with E-state index in [1.807, 2.05) is 0 Å². The van der Waals surface area contributed by atoms with Gasteiger partial charge < -0.3 is 10.5 Å². The molecule has 2 aliphatic heterocycles. The summed E-state index contributed by atoms with van der Waals surface area (Å²) in [6.07, 6.45) is 6.32. The number of nitriles is 1. The van der Waals surface area contributed by atoms with Crippen LogP contribution in [0.3, 0.4) is 0 Å². The van der Waals surface area contributed by atoms with Crippen LogP contribution in [0.2, 0.25) is 0 Å². The molecule has 0 amide bonds. The lowest BCUT2D eigenvalue weighted by Crippen LogP contribution is -2.38. The average molecular weight is 462 g/mol. The SMILES string of the molecule is CCN1CC2=C(OC(N)=C(C#N)[C@H]2c2ccc(SC)cc2)/C(=C\c2ccc(SC)cc2)C1. The van der Waals surface area contributed by atoms with E-state index in [0.717, 1.165) is 47.7 Å². The Labute approximate surface area is 198 Å². The monoisotopic (exact) mass is 461 g/mol. The fraction of sp³-hybridized carbons (Fsp3) is 0.269. The Morgan fingerprint density at radius 1 is 1.06 bits per heavy atom. The number of rotatable bonds is 5. The molecule has 2 N–H and O–H groups in total. The van der Waals surface area contributed by atoms with Crippen LogP contribution in [-0.2, 0) is 4.74 Å². The van der Waals surface area contributed by atoms with Crippen molar-refractivity contribution in [1.82, 2.24) is 4.90 Å². The minimum absolute atomic E-state index is 0.198. The van der Waals surface area contributed by atoms with Gasteiger partial charge in [-0.3, -0.25) is 4.90 Å². The Bertz CT molecular complexity index is 1130. The lowest BCUT2D eigenvalue weighted by Gasteiger charge is -2.38. The van der Waals surface area contributed by atoms with E-state index >= 15 is 0 Å². The number of thioether (sulfide) groups is 2. The molecule has 2 aromatic carbocycles. The Balaban J connectivity index is 1.82. The third kappa shape index (κ3) is 4.47. The molecule has 4 nitrogen and oxygen atoms in total. The van der Waals surface area contributed by atoms with Crippen LogP contribution in [0.5, 0.6) is 0 Å². The predicted molar refractivity (Wildman–Crippen MR) is 134 cm³/mol. The third-order valence-corrected chi connectivity index (χ3v) is 7.45. The summed E-state index contributed by atoms with van der Waals surface area (Å²) in [7, 11) is 0. The van der Waals surface area contributed by atoms with Gasteiger partial charge in [0.2, 0.25) is 5.88 Å². The van der Waals surface area contributed by atoms with Crippen LogP contribution >= 0.6 is 23.5 Å². The van der Waals surface area contributed by atoms with Crippen molar-refractivity contribution < 1.29 is 4.74 Å². The molecule has 0 saturated carbocycles. The molecule has 164 valence electrons. The summed E-state index contributed by atoms with van der Waals surface area (Å²) in [6, 6.07) is 19.3. The Morgan fingerprint density at radius 3 is 2.25 bits per heavy atom. The van der Waals surface area contributed by atoms with E-state index in [9.17, 15) is 5.26 Å². The van der Waals surface area contributed by atoms with Gasteiger partial charge in [0.05, 0.1) is 5.92 Å². The van der Waals surface area contributed by atoms with Gasteiger partial charge >= 0.3 is 0 Å². The van der Waals surface area contributed by atoms with Gasteiger partial charge in [-0.25, -0.2) is 0 Å². The van der Waals surface area contributed by atoms with Crippen LogP contribution in [0.25, 0.3) is 6.08 Å². The predicted octanol–water partition coefficient (Wildman–Crippen LogP) is 5.61. The standard InChI is InChI=1S/C26H27N3OS2/c1-4-29-15-19(13-17-5-9-20(31-2)10-6-17)25-23(16-29)24(22(14-27)26(28)30-25)18-7-11-21(32-3)12-8-18/h5-13,24H,4,15-16,28H2,1-3H3/b19-13-/t24-/m1/s1. The molecular weight excluding hydrogens is 434 g/mol. The maximum atomic E-state index is 9.93. The molecule has 0 aromatic heterocycles. The molecule has 2 aromatic rings. The number of ether oxygens (including phenoxy) is 1. The van der Waals surface area contributed by atoms with Gasteiger partial charge in [-0.15, -0.1) is 23.5 Å². The number of allylic oxidation sites excluding steroid dienone is 1. The van der Waals surface area contributed by atoms with Gasteiger partial charge in [0.25, 0.3) is 0 Å². The molecule has 0 aliphatic carbocycles. The van der Waals surface area contributed by atoms with Gasteiger partial charge in [-0.2, -0.15) is 5.26 Å². The highest BCUT2D eigenvalue weighted by Crippen LogP contribution is 2.44. The highest BCUT2D eigenvalue weighted by atomic mass is 32.2. The molecular formula is C26H27N3OS2. The summed E-state index contributed by atoms with van der Waals surface area (Å²) >= 11 is 3.44. The first-order chi connectivity index (χ1) is 15.6. The fourth-order valence-corrected chi connectivity index (χ4v) is 5.06. The van der Waals surface area contributed by atoms with Crippen molar-refractivity contribution in [3.8, 4) is 6.07 Å². The van der Waals surface area contributed by atoms with E-state index in [1.54, 1.807) is 23.5 Å². The highest BCUT2D eigenvalue weighted by molar-refractivity contribution is 7.98. The second-order valence-corrected chi connectivity index (χ2v) is 9.56. The second kappa shape index (κ2) is 9.91. The molecule has 6 heteroatoms. The highest BCUT2D eigenvalue weighted by Gasteiger charge is 2.37. The fourth-order valence-electron chi connectivity index (χ4n) is 4.24. The molecule has 0 spiro atoms. The first kappa shape index (κ1) is 22.6. The molecule has 32 heavy (non-hydrogen) atoms. The Morgan fingerprint density at radius 2 is 1.69 bits per heavy atom. The summed E-state index contributed by atoms with van der Waals surface area (Å²) in [5.41, 5.74) is 11.2. The van der Waals surface area contributed by atoms with E-state index in [4.69, 9.17) is 10.5 Å². The van der Waals surface area contributed by atoms with Gasteiger partial charge in [0.1, 0.15) is 17.4 Å². The number of benzene rings is 2. The van der Waals surface area contributed by atoms with Gasteiger partial charge in [0, 0.05) is 28.5 Å². The number of nitrogens with two attached hydrogens (primary N) is 1. The lowest BCUT2D eigenvalue weighted by molar-refractivity contribution is 0.239. The number of likely N-dealkylation sites (N-methyl/N-ethyl adjacent to an activating group) is 1. The topological polar surface area (TPSA) is 62.3 Å². The van der Waals surface area contributed by atoms with Crippen LogP contribution < -0.4 is 5.73 Å². The van der Waals surface area contributed by atoms with Gasteiger partial charge in [-0.05, 0) is 66.1 Å². The van der Waals surface area contributed by atoms with Crippen LogP contribution in [0.4, 0.5) is 0 Å². The van der Waals surface area contributed by atoms with Crippen molar-refractivity contribution in [3.05, 3.63) is 88.0 Å². The van der Waals surface area contributed by atoms with E-state index < -0.39 is 0 Å². The molecule has 2 heterocycles. The molecule has 0 fully saturated rings. The molecule has 0 bridgehead atoms. The molecule has 2 aliphatic rings. The van der Waals surface area contributed by atoms with E-state index in [1.165, 1.54) is 9.79 Å². The minimum atomic E-state index is -0.198. The average Bonchev–Trinajstić information content (AvgIpc) is 2.84. The van der Waals surface area contributed by atoms with Crippen LogP contribution in [0.1, 0.15) is 24.0 Å². The second-order valence-electron chi connectivity index (χ2n) is 7.80. The van der Waals surface area contributed by atoms with Gasteiger partial charge in [0.15, 0.2) is 0 Å². The number of hydrogen-bond donors (Lipinski definition) is 1. The first-order valence-electron chi connectivity index (χ1n) is 10.6. The van der Waals surface area contributed by atoms with Crippen molar-refractivity contribution in [3.63, 3.8) is 0 Å². The molecule has 1 atom stereocenters. The van der Waals surface area contributed by atoms with Crippen molar-refractivity contribution in [2.24, 2.45) is 5.73 Å². The normalized spacial score (nSPS) is 20.2. The molecule has 0 radical (unpaired) electrons. The number of nitrogens with zero attached hydrogens (tertiary/aromatic N) is 2. The lowest BCUT2D eigenvalue weighted by atomic mass is 9.80. The largest absolute Gasteiger partial charge is 0.440 e. The zero-order valence-electron chi connectivity index (χ0n) is 18.6. The van der Waals surface area contributed by atoms with Crippen molar-refractivity contribution in [1.29, 1.82) is 5.26 Å². The third-order valence-electron chi connectivity index (χ3n) is 5.96. The summed E-state index contributed by atoms with van der Waals surface area (Å²) in [5, 5.41) is 9.93. The van der Waals surface area contributed by atoms with Gasteiger partial charge in [-0.1, -0.05) is 31.2 Å². The maximum absolute atomic E-state index is 9.93. The summed E-state index contributed by atoms with van der Waals surface area (Å²) in [4.78, 5) is 4.81. The Hall–Kier alpha value is -2.59. The van der Waals surface area contributed by atoms with Crippen LogP contribution in [-0.4, -0.2) is 37.0 Å². The minimum Gasteiger partial charge on any atom is -0.440 e. The van der Waals surface area contributed by atoms with E-state index in [2.05, 4.69) is 85.0 Å². The molecule has 0 saturated heterocycles. The Kier molecular flexibility index (Phi) is 7.00. The molecule has 0 unspecified atom stereocenters. The van der Waals surface area contributed by atoms with E-state index in [-0.39, 0.29) is 11.8 Å². The van der Waals surface area contributed by atoms with Crippen molar-refractivity contribution in [2.45, 2.75) is 22.6 Å². The van der Waals surface area contributed by atoms with Crippen LogP contribution in [0.15, 0.2) is 86.7 Å². The van der Waals surface area contributed by atoms with Crippen molar-refractivity contribution in [2.75, 3.05) is 32.1 Å². The van der Waals surface area contributed by atoms with E-state index in [0.29, 0.717) is 5.57 Å².